The molecule has 1 N–H and O–H groups in total. The van der Waals surface area contributed by atoms with Crippen molar-refractivity contribution in [2.45, 2.75) is 30.4 Å². The molecule has 2 saturated heterocycles. The van der Waals surface area contributed by atoms with Gasteiger partial charge < -0.3 is 19.9 Å². The number of hydrogen-bond acceptors (Lipinski definition) is 4. The minimum atomic E-state index is -0.131. The number of urea groups is 1. The van der Waals surface area contributed by atoms with Crippen LogP contribution in [0.25, 0.3) is 0 Å². The molecule has 0 bridgehead atoms. The maximum absolute atomic E-state index is 12.9. The molecule has 2 aliphatic heterocycles. The predicted octanol–water partition coefficient (Wildman–Crippen LogP) is 5.91. The molecule has 2 unspecified atom stereocenters. The number of benzene rings is 2. The van der Waals surface area contributed by atoms with Gasteiger partial charge in [-0.15, -0.1) is 11.8 Å². The number of piperidine rings is 1. The van der Waals surface area contributed by atoms with Crippen LogP contribution in [-0.4, -0.2) is 53.7 Å². The van der Waals surface area contributed by atoms with Crippen LogP contribution in [0.5, 0.6) is 5.75 Å². The highest BCUT2D eigenvalue weighted by Gasteiger charge is 2.40. The van der Waals surface area contributed by atoms with Gasteiger partial charge >= 0.3 is 6.03 Å². The zero-order valence-electron chi connectivity index (χ0n) is 18.6. The number of amides is 3. The van der Waals surface area contributed by atoms with E-state index in [1.165, 1.54) is 0 Å². The molecule has 2 atom stereocenters. The molecule has 0 spiro atoms. The van der Waals surface area contributed by atoms with Gasteiger partial charge in [0.2, 0.25) is 5.91 Å². The fourth-order valence-electron chi connectivity index (χ4n) is 4.32. The van der Waals surface area contributed by atoms with Crippen LogP contribution >= 0.6 is 35.0 Å². The van der Waals surface area contributed by atoms with Crippen molar-refractivity contribution in [2.75, 3.05) is 32.1 Å². The molecule has 2 fully saturated rings. The number of carbonyl (C=O) groups excluding carboxylic acids is 2. The van der Waals surface area contributed by atoms with Crippen molar-refractivity contribution in [3.05, 3.63) is 58.1 Å². The van der Waals surface area contributed by atoms with Gasteiger partial charge in [0.25, 0.3) is 0 Å². The maximum atomic E-state index is 12.9. The van der Waals surface area contributed by atoms with Gasteiger partial charge in [0.1, 0.15) is 11.1 Å². The monoisotopic (exact) mass is 507 g/mol. The number of halogens is 2. The molecule has 176 valence electrons. The molecule has 0 aliphatic carbocycles. The van der Waals surface area contributed by atoms with E-state index >= 15 is 0 Å². The van der Waals surface area contributed by atoms with Crippen molar-refractivity contribution in [3.8, 4) is 5.75 Å². The Morgan fingerprint density at radius 2 is 1.88 bits per heavy atom. The lowest BCUT2D eigenvalue weighted by Gasteiger charge is -2.35. The van der Waals surface area contributed by atoms with Gasteiger partial charge in [0.05, 0.1) is 28.1 Å². The second kappa shape index (κ2) is 10.5. The van der Waals surface area contributed by atoms with E-state index in [2.05, 4.69) is 5.32 Å². The minimum Gasteiger partial charge on any atom is -0.495 e. The number of carbonyl (C=O) groups is 2. The van der Waals surface area contributed by atoms with Crippen LogP contribution in [0.2, 0.25) is 10.0 Å². The lowest BCUT2D eigenvalue weighted by Crippen LogP contribution is -2.44. The Bertz CT molecular complexity index is 1030. The largest absolute Gasteiger partial charge is 0.495 e. The van der Waals surface area contributed by atoms with Crippen LogP contribution in [-0.2, 0) is 4.79 Å². The first kappa shape index (κ1) is 24.0. The van der Waals surface area contributed by atoms with E-state index in [4.69, 9.17) is 27.9 Å². The average Bonchev–Trinajstić information content (AvgIpc) is 3.10. The molecule has 9 heteroatoms. The van der Waals surface area contributed by atoms with Gasteiger partial charge in [-0.25, -0.2) is 4.79 Å². The summed E-state index contributed by atoms with van der Waals surface area (Å²) in [5, 5.41) is 3.77. The van der Waals surface area contributed by atoms with Crippen molar-refractivity contribution in [1.29, 1.82) is 0 Å². The zero-order chi connectivity index (χ0) is 23.5. The van der Waals surface area contributed by atoms with E-state index in [1.54, 1.807) is 24.9 Å². The van der Waals surface area contributed by atoms with E-state index in [0.717, 1.165) is 18.4 Å². The first-order chi connectivity index (χ1) is 15.9. The minimum absolute atomic E-state index is 0.0749. The van der Waals surface area contributed by atoms with Crippen molar-refractivity contribution in [3.63, 3.8) is 0 Å². The second-order valence-electron chi connectivity index (χ2n) is 8.36. The van der Waals surface area contributed by atoms with Crippen LogP contribution < -0.4 is 10.1 Å². The highest BCUT2D eigenvalue weighted by atomic mass is 35.5. The molecule has 2 aromatic carbocycles. The Morgan fingerprint density at radius 1 is 1.15 bits per heavy atom. The van der Waals surface area contributed by atoms with Gasteiger partial charge in [0.15, 0.2) is 0 Å². The number of para-hydroxylation sites is 2. The number of nitrogens with zero attached hydrogens (tertiary/aromatic N) is 2. The molecule has 6 nitrogen and oxygen atoms in total. The van der Waals surface area contributed by atoms with Gasteiger partial charge in [-0.2, -0.15) is 0 Å². The smallest absolute Gasteiger partial charge is 0.321 e. The maximum Gasteiger partial charge on any atom is 0.321 e. The van der Waals surface area contributed by atoms with Crippen molar-refractivity contribution >= 4 is 52.6 Å². The molecular formula is C24H27Cl2N3O3S. The normalized spacial score (nSPS) is 21.4. The van der Waals surface area contributed by atoms with Crippen LogP contribution in [0.4, 0.5) is 10.5 Å². The van der Waals surface area contributed by atoms with Gasteiger partial charge in [0, 0.05) is 19.6 Å². The third-order valence-electron chi connectivity index (χ3n) is 6.18. The van der Waals surface area contributed by atoms with Crippen LogP contribution in [0.1, 0.15) is 30.7 Å². The summed E-state index contributed by atoms with van der Waals surface area (Å²) in [5.41, 5.74) is 1.64. The molecule has 2 heterocycles. The van der Waals surface area contributed by atoms with E-state index in [0.29, 0.717) is 47.0 Å². The quantitative estimate of drug-likeness (QED) is 0.546. The van der Waals surface area contributed by atoms with Gasteiger partial charge in [-0.3, -0.25) is 4.79 Å². The highest BCUT2D eigenvalue weighted by molar-refractivity contribution is 8.01. The Balaban J connectivity index is 1.36. The Kier molecular flexibility index (Phi) is 7.62. The predicted molar refractivity (Wildman–Crippen MR) is 134 cm³/mol. The van der Waals surface area contributed by atoms with Crippen molar-refractivity contribution in [1.82, 2.24) is 9.80 Å². The summed E-state index contributed by atoms with van der Waals surface area (Å²) in [6.07, 6.45) is 1.69. The molecule has 4 rings (SSSR count). The Morgan fingerprint density at radius 3 is 2.58 bits per heavy atom. The van der Waals surface area contributed by atoms with Crippen LogP contribution in [0.3, 0.4) is 0 Å². The fourth-order valence-corrected chi connectivity index (χ4v) is 5.91. The number of likely N-dealkylation sites (tertiary alicyclic amines) is 1. The van der Waals surface area contributed by atoms with Gasteiger partial charge in [-0.1, -0.05) is 41.4 Å². The van der Waals surface area contributed by atoms with E-state index in [1.807, 2.05) is 53.1 Å². The molecule has 0 aromatic heterocycles. The summed E-state index contributed by atoms with van der Waals surface area (Å²) in [6, 6.07) is 12.8. The number of rotatable bonds is 5. The summed E-state index contributed by atoms with van der Waals surface area (Å²) < 4.78 is 5.32. The van der Waals surface area contributed by atoms with Crippen molar-refractivity contribution in [2.24, 2.45) is 5.92 Å². The first-order valence-corrected chi connectivity index (χ1v) is 12.7. The number of thioether (sulfide) groups is 1. The van der Waals surface area contributed by atoms with E-state index in [-0.39, 0.29) is 22.6 Å². The van der Waals surface area contributed by atoms with E-state index in [9.17, 15) is 9.59 Å². The lowest BCUT2D eigenvalue weighted by atomic mass is 9.96. The Labute approximate surface area is 208 Å². The summed E-state index contributed by atoms with van der Waals surface area (Å²) in [5.74, 6) is 1.11. The summed E-state index contributed by atoms with van der Waals surface area (Å²) >= 11 is 13.9. The topological polar surface area (TPSA) is 61.9 Å². The number of anilines is 1. The fraction of sp³-hybridized carbons (Fsp3) is 0.417. The summed E-state index contributed by atoms with van der Waals surface area (Å²) in [4.78, 5) is 29.4. The SMILES string of the molecule is COc1ccccc1NC(=O)N1CCC(CN2C(=O)C(C)SC2c2ccc(Cl)c(Cl)c2)CC1. The third-order valence-corrected chi connectivity index (χ3v) is 8.31. The number of methoxy groups -OCH3 is 1. The highest BCUT2D eigenvalue weighted by Crippen LogP contribution is 2.44. The first-order valence-electron chi connectivity index (χ1n) is 11.0. The lowest BCUT2D eigenvalue weighted by molar-refractivity contribution is -0.130. The second-order valence-corrected chi connectivity index (χ2v) is 10.6. The third kappa shape index (κ3) is 5.36. The van der Waals surface area contributed by atoms with Crippen molar-refractivity contribution < 1.29 is 14.3 Å². The number of nitrogens with one attached hydrogen (secondary N) is 1. The molecule has 0 saturated carbocycles. The van der Waals surface area contributed by atoms with Gasteiger partial charge in [-0.05, 0) is 55.5 Å². The summed E-state index contributed by atoms with van der Waals surface area (Å²) in [7, 11) is 1.58. The zero-order valence-corrected chi connectivity index (χ0v) is 20.9. The molecule has 3 amide bonds. The molecular weight excluding hydrogens is 481 g/mol. The number of hydrogen-bond donors (Lipinski definition) is 1. The molecule has 33 heavy (non-hydrogen) atoms. The molecule has 2 aliphatic rings. The van der Waals surface area contributed by atoms with E-state index < -0.39 is 0 Å². The molecule has 2 aromatic rings. The standard InChI is InChI=1S/C24H27Cl2N3O3S/c1-15-22(30)29(23(33-15)17-7-8-18(25)19(26)13-17)14-16-9-11-28(12-10-16)24(31)27-20-5-3-4-6-21(20)32-2/h3-8,13,15-16,23H,9-12,14H2,1-2H3,(H,27,31). The average molecular weight is 508 g/mol. The van der Waals surface area contributed by atoms with Crippen LogP contribution in [0, 0.1) is 5.92 Å². The Hall–Kier alpha value is -2.09. The molecule has 0 radical (unpaired) electrons. The number of ether oxygens (including phenoxy) is 1. The van der Waals surface area contributed by atoms with Crippen LogP contribution in [0.15, 0.2) is 42.5 Å². The summed E-state index contributed by atoms with van der Waals surface area (Å²) in [6.45, 7) is 3.91.